The fourth-order valence-electron chi connectivity index (χ4n) is 1.97. The number of hydrogen-bond acceptors (Lipinski definition) is 6. The SMILES string of the molecule is OC(COc1ccccc1)Cn1nnnc1-c1ccccn1. The number of hydrogen-bond donors (Lipinski definition) is 1. The van der Waals surface area contributed by atoms with E-state index in [4.69, 9.17) is 4.74 Å². The topological polar surface area (TPSA) is 86.0 Å². The molecule has 0 aliphatic rings. The van der Waals surface area contributed by atoms with Gasteiger partial charge in [-0.15, -0.1) is 5.10 Å². The summed E-state index contributed by atoms with van der Waals surface area (Å²) in [7, 11) is 0. The first-order chi connectivity index (χ1) is 10.8. The summed E-state index contributed by atoms with van der Waals surface area (Å²) in [5.41, 5.74) is 0.656. The Kier molecular flexibility index (Phi) is 4.35. The molecule has 0 saturated heterocycles. The molecule has 7 heteroatoms. The van der Waals surface area contributed by atoms with Gasteiger partial charge in [-0.3, -0.25) is 4.98 Å². The minimum Gasteiger partial charge on any atom is -0.491 e. The number of aromatic nitrogens is 5. The predicted molar refractivity (Wildman–Crippen MR) is 79.0 cm³/mol. The van der Waals surface area contributed by atoms with Gasteiger partial charge in [-0.25, -0.2) is 4.68 Å². The molecular formula is C15H15N5O2. The number of aliphatic hydroxyl groups is 1. The van der Waals surface area contributed by atoms with Gasteiger partial charge in [0.05, 0.1) is 6.54 Å². The van der Waals surface area contributed by atoms with Gasteiger partial charge in [-0.2, -0.15) is 0 Å². The Morgan fingerprint density at radius 3 is 2.68 bits per heavy atom. The van der Waals surface area contributed by atoms with E-state index in [1.807, 2.05) is 48.5 Å². The van der Waals surface area contributed by atoms with Crippen LogP contribution in [0.15, 0.2) is 54.7 Å². The standard InChI is InChI=1S/C15H15N5O2/c21-12(11-22-13-6-2-1-3-7-13)10-20-15(17-18-19-20)14-8-4-5-9-16-14/h1-9,12,21H,10-11H2. The van der Waals surface area contributed by atoms with Crippen LogP contribution in [0.25, 0.3) is 11.5 Å². The van der Waals surface area contributed by atoms with E-state index in [2.05, 4.69) is 20.5 Å². The van der Waals surface area contributed by atoms with E-state index < -0.39 is 6.10 Å². The highest BCUT2D eigenvalue weighted by Crippen LogP contribution is 2.13. The summed E-state index contributed by atoms with van der Waals surface area (Å²) < 4.78 is 7.03. The molecule has 3 aromatic rings. The molecule has 3 rings (SSSR count). The number of rotatable bonds is 6. The van der Waals surface area contributed by atoms with Crippen LogP contribution in [0.3, 0.4) is 0 Å². The van der Waals surface area contributed by atoms with Gasteiger partial charge in [0, 0.05) is 6.20 Å². The summed E-state index contributed by atoms with van der Waals surface area (Å²) >= 11 is 0. The van der Waals surface area contributed by atoms with Crippen LogP contribution in [0.2, 0.25) is 0 Å². The Hall–Kier alpha value is -2.80. The Morgan fingerprint density at radius 1 is 1.09 bits per heavy atom. The van der Waals surface area contributed by atoms with Crippen LogP contribution in [-0.4, -0.2) is 43.0 Å². The fraction of sp³-hybridized carbons (Fsp3) is 0.200. The molecule has 2 heterocycles. The molecule has 1 atom stereocenters. The first-order valence-corrected chi connectivity index (χ1v) is 6.86. The Balaban J connectivity index is 1.63. The highest BCUT2D eigenvalue weighted by Gasteiger charge is 2.14. The lowest BCUT2D eigenvalue weighted by molar-refractivity contribution is 0.0892. The minimum absolute atomic E-state index is 0.158. The average molecular weight is 297 g/mol. The van der Waals surface area contributed by atoms with Crippen molar-refractivity contribution >= 4 is 0 Å². The summed E-state index contributed by atoms with van der Waals surface area (Å²) in [4.78, 5) is 4.21. The van der Waals surface area contributed by atoms with E-state index in [1.54, 1.807) is 6.20 Å². The summed E-state index contributed by atoms with van der Waals surface area (Å²) in [6.07, 6.45) is 0.940. The molecule has 22 heavy (non-hydrogen) atoms. The Bertz CT molecular complexity index is 702. The maximum absolute atomic E-state index is 10.1. The zero-order chi connectivity index (χ0) is 15.2. The molecule has 7 nitrogen and oxygen atoms in total. The van der Waals surface area contributed by atoms with Gasteiger partial charge in [0.25, 0.3) is 0 Å². The Labute approximate surface area is 127 Å². The van der Waals surface area contributed by atoms with E-state index in [0.29, 0.717) is 17.3 Å². The zero-order valence-corrected chi connectivity index (χ0v) is 11.8. The quantitative estimate of drug-likeness (QED) is 0.735. The first kappa shape index (κ1) is 14.2. The molecule has 0 spiro atoms. The van der Waals surface area contributed by atoms with Crippen LogP contribution in [0, 0.1) is 0 Å². The average Bonchev–Trinajstić information content (AvgIpc) is 3.03. The molecule has 1 unspecified atom stereocenters. The molecule has 112 valence electrons. The van der Waals surface area contributed by atoms with Gasteiger partial charge in [-0.1, -0.05) is 24.3 Å². The van der Waals surface area contributed by atoms with Crippen LogP contribution >= 0.6 is 0 Å². The monoisotopic (exact) mass is 297 g/mol. The molecule has 0 amide bonds. The molecule has 0 aliphatic heterocycles. The van der Waals surface area contributed by atoms with E-state index >= 15 is 0 Å². The molecule has 1 N–H and O–H groups in total. The van der Waals surface area contributed by atoms with Crippen LogP contribution in [0.4, 0.5) is 0 Å². The van der Waals surface area contributed by atoms with Crippen molar-refractivity contribution in [3.05, 3.63) is 54.7 Å². The highest BCUT2D eigenvalue weighted by molar-refractivity contribution is 5.47. The summed E-state index contributed by atoms with van der Waals surface area (Å²) in [6.45, 7) is 0.386. The fourth-order valence-corrected chi connectivity index (χ4v) is 1.97. The molecule has 2 aromatic heterocycles. The van der Waals surface area contributed by atoms with E-state index in [-0.39, 0.29) is 13.2 Å². The van der Waals surface area contributed by atoms with Crippen molar-refractivity contribution in [2.75, 3.05) is 6.61 Å². The largest absolute Gasteiger partial charge is 0.491 e. The number of pyridine rings is 1. The van der Waals surface area contributed by atoms with E-state index in [1.165, 1.54) is 4.68 Å². The van der Waals surface area contributed by atoms with Crippen LogP contribution < -0.4 is 4.74 Å². The smallest absolute Gasteiger partial charge is 0.200 e. The lowest BCUT2D eigenvalue weighted by Crippen LogP contribution is -2.24. The minimum atomic E-state index is -0.730. The van der Waals surface area contributed by atoms with E-state index in [9.17, 15) is 5.11 Å². The van der Waals surface area contributed by atoms with Crippen molar-refractivity contribution in [1.29, 1.82) is 0 Å². The lowest BCUT2D eigenvalue weighted by atomic mass is 10.3. The van der Waals surface area contributed by atoms with Crippen molar-refractivity contribution < 1.29 is 9.84 Å². The van der Waals surface area contributed by atoms with Gasteiger partial charge >= 0.3 is 0 Å². The third-order valence-electron chi connectivity index (χ3n) is 3.00. The molecule has 0 fully saturated rings. The number of para-hydroxylation sites is 1. The number of ether oxygens (including phenoxy) is 1. The van der Waals surface area contributed by atoms with Gasteiger partial charge in [-0.05, 0) is 34.7 Å². The van der Waals surface area contributed by atoms with Crippen LogP contribution in [-0.2, 0) is 6.54 Å². The molecular weight excluding hydrogens is 282 g/mol. The van der Waals surface area contributed by atoms with Crippen molar-refractivity contribution in [3.8, 4) is 17.3 Å². The van der Waals surface area contributed by atoms with Crippen molar-refractivity contribution in [2.45, 2.75) is 12.6 Å². The van der Waals surface area contributed by atoms with E-state index in [0.717, 1.165) is 0 Å². The predicted octanol–water partition coefficient (Wildman–Crippen LogP) is 1.17. The first-order valence-electron chi connectivity index (χ1n) is 6.86. The lowest BCUT2D eigenvalue weighted by Gasteiger charge is -2.12. The summed E-state index contributed by atoms with van der Waals surface area (Å²) in [5.74, 6) is 1.22. The van der Waals surface area contributed by atoms with Crippen molar-refractivity contribution in [2.24, 2.45) is 0 Å². The van der Waals surface area contributed by atoms with Crippen molar-refractivity contribution in [3.63, 3.8) is 0 Å². The maximum atomic E-state index is 10.1. The maximum Gasteiger partial charge on any atom is 0.200 e. The third-order valence-corrected chi connectivity index (χ3v) is 3.00. The van der Waals surface area contributed by atoms with Gasteiger partial charge < -0.3 is 9.84 Å². The second-order valence-corrected chi connectivity index (χ2v) is 4.68. The second-order valence-electron chi connectivity index (χ2n) is 4.68. The summed E-state index contributed by atoms with van der Waals surface area (Å²) in [6, 6.07) is 14.8. The number of aliphatic hydroxyl groups excluding tert-OH is 1. The molecule has 1 aromatic carbocycles. The zero-order valence-electron chi connectivity index (χ0n) is 11.8. The van der Waals surface area contributed by atoms with Gasteiger partial charge in [0.15, 0.2) is 0 Å². The molecule has 0 radical (unpaired) electrons. The summed E-state index contributed by atoms with van der Waals surface area (Å²) in [5, 5.41) is 21.6. The number of benzene rings is 1. The molecule has 0 bridgehead atoms. The van der Waals surface area contributed by atoms with Crippen LogP contribution in [0.1, 0.15) is 0 Å². The second kappa shape index (κ2) is 6.77. The Morgan fingerprint density at radius 2 is 1.91 bits per heavy atom. The highest BCUT2D eigenvalue weighted by atomic mass is 16.5. The van der Waals surface area contributed by atoms with Gasteiger partial charge in [0.2, 0.25) is 5.82 Å². The van der Waals surface area contributed by atoms with Crippen molar-refractivity contribution in [1.82, 2.24) is 25.2 Å². The van der Waals surface area contributed by atoms with Gasteiger partial charge in [0.1, 0.15) is 24.2 Å². The third kappa shape index (κ3) is 3.44. The molecule has 0 saturated carbocycles. The normalized spacial score (nSPS) is 12.0. The molecule has 0 aliphatic carbocycles. The number of tetrazole rings is 1. The number of nitrogens with zero attached hydrogens (tertiary/aromatic N) is 5. The van der Waals surface area contributed by atoms with Crippen LogP contribution in [0.5, 0.6) is 5.75 Å².